The summed E-state index contributed by atoms with van der Waals surface area (Å²) in [4.78, 5) is 12.5. The first-order chi connectivity index (χ1) is 9.15. The van der Waals surface area contributed by atoms with Gasteiger partial charge in [-0.25, -0.2) is 4.79 Å². The highest BCUT2D eigenvalue weighted by molar-refractivity contribution is 7.14. The zero-order chi connectivity index (χ0) is 13.4. The zero-order valence-electron chi connectivity index (χ0n) is 10.5. The molecule has 96 valence electrons. The molecule has 0 saturated heterocycles. The number of benzene rings is 1. The summed E-state index contributed by atoms with van der Waals surface area (Å²) in [6.45, 7) is 2.68. The summed E-state index contributed by atoms with van der Waals surface area (Å²) in [5, 5.41) is 10.2. The lowest BCUT2D eigenvalue weighted by Crippen LogP contribution is -1.98. The molecule has 3 aromatic rings. The van der Waals surface area contributed by atoms with Gasteiger partial charge in [-0.2, -0.15) is 0 Å². The summed E-state index contributed by atoms with van der Waals surface area (Å²) >= 11 is 1.34. The van der Waals surface area contributed by atoms with Gasteiger partial charge in [0.05, 0.1) is 0 Å². The van der Waals surface area contributed by atoms with E-state index in [1.165, 1.54) is 22.2 Å². The lowest BCUT2D eigenvalue weighted by atomic mass is 10.2. The molecule has 19 heavy (non-hydrogen) atoms. The van der Waals surface area contributed by atoms with Crippen LogP contribution in [0.2, 0.25) is 0 Å². The van der Waals surface area contributed by atoms with Gasteiger partial charge in [-0.05, 0) is 36.1 Å². The molecular weight excluding hydrogens is 258 g/mol. The molecule has 0 atom stereocenters. The Morgan fingerprint density at radius 2 is 2.11 bits per heavy atom. The Balaban J connectivity index is 1.99. The lowest BCUT2D eigenvalue weighted by molar-refractivity contribution is 0.0702. The first-order valence-electron chi connectivity index (χ1n) is 6.01. The number of para-hydroxylation sites is 1. The maximum Gasteiger partial charge on any atom is 0.345 e. The van der Waals surface area contributed by atoms with Crippen LogP contribution in [0, 0.1) is 6.92 Å². The summed E-state index contributed by atoms with van der Waals surface area (Å²) in [5.41, 5.74) is 2.24. The van der Waals surface area contributed by atoms with Crippen LogP contribution in [0.3, 0.4) is 0 Å². The molecule has 0 aliphatic heterocycles. The van der Waals surface area contributed by atoms with Gasteiger partial charge in [0.25, 0.3) is 0 Å². The number of aryl methyl sites for hydroxylation is 1. The number of carboxylic acids is 1. The molecule has 0 aliphatic rings. The highest BCUT2D eigenvalue weighted by atomic mass is 32.1. The van der Waals surface area contributed by atoms with Crippen molar-refractivity contribution in [3.63, 3.8) is 0 Å². The Hall–Kier alpha value is -2.07. The van der Waals surface area contributed by atoms with Gasteiger partial charge in [0, 0.05) is 23.1 Å². The van der Waals surface area contributed by atoms with Gasteiger partial charge in [0.2, 0.25) is 0 Å². The fourth-order valence-electron chi connectivity index (χ4n) is 2.24. The molecule has 0 amide bonds. The third-order valence-electron chi connectivity index (χ3n) is 3.25. The number of aromatic nitrogens is 1. The molecule has 3 nitrogen and oxygen atoms in total. The predicted octanol–water partition coefficient (Wildman–Crippen LogP) is 3.76. The second-order valence-electron chi connectivity index (χ2n) is 4.50. The van der Waals surface area contributed by atoms with E-state index in [4.69, 9.17) is 5.11 Å². The second-order valence-corrected chi connectivity index (χ2v) is 5.76. The van der Waals surface area contributed by atoms with E-state index in [-0.39, 0.29) is 0 Å². The predicted molar refractivity (Wildman–Crippen MR) is 77.1 cm³/mol. The summed E-state index contributed by atoms with van der Waals surface area (Å²) in [5.74, 6) is -0.850. The molecule has 2 heterocycles. The Kier molecular flexibility index (Phi) is 2.87. The van der Waals surface area contributed by atoms with Crippen LogP contribution in [0.4, 0.5) is 0 Å². The molecule has 0 unspecified atom stereocenters. The minimum absolute atomic E-state index is 0.406. The number of fused-ring (bicyclic) bond motifs is 1. The SMILES string of the molecule is Cc1sc(C(=O)O)cc1Cn1ccc2ccccc21. The maximum absolute atomic E-state index is 11.0. The van der Waals surface area contributed by atoms with Crippen LogP contribution in [0.25, 0.3) is 10.9 Å². The molecule has 2 aromatic heterocycles. The number of carbonyl (C=O) groups is 1. The van der Waals surface area contributed by atoms with Gasteiger partial charge in [-0.3, -0.25) is 0 Å². The number of aromatic carboxylic acids is 1. The van der Waals surface area contributed by atoms with Crippen molar-refractivity contribution in [1.29, 1.82) is 0 Å². The van der Waals surface area contributed by atoms with E-state index in [2.05, 4.69) is 22.8 Å². The topological polar surface area (TPSA) is 42.2 Å². The molecule has 3 rings (SSSR count). The fraction of sp³-hybridized carbons (Fsp3) is 0.133. The fourth-order valence-corrected chi connectivity index (χ4v) is 3.12. The Bertz CT molecular complexity index is 754. The molecular formula is C15H13NO2S. The van der Waals surface area contributed by atoms with E-state index in [0.29, 0.717) is 11.4 Å². The Morgan fingerprint density at radius 3 is 2.84 bits per heavy atom. The number of carboxylic acid groups (broad SMARTS) is 1. The van der Waals surface area contributed by atoms with Gasteiger partial charge < -0.3 is 9.67 Å². The minimum atomic E-state index is -0.850. The number of thiophene rings is 1. The molecule has 0 fully saturated rings. The lowest BCUT2D eigenvalue weighted by Gasteiger charge is -2.04. The molecule has 0 saturated carbocycles. The minimum Gasteiger partial charge on any atom is -0.477 e. The Morgan fingerprint density at radius 1 is 1.32 bits per heavy atom. The molecule has 0 aliphatic carbocycles. The van der Waals surface area contributed by atoms with Crippen LogP contribution < -0.4 is 0 Å². The summed E-state index contributed by atoms with van der Waals surface area (Å²) in [7, 11) is 0. The van der Waals surface area contributed by atoms with Gasteiger partial charge in [-0.1, -0.05) is 18.2 Å². The third-order valence-corrected chi connectivity index (χ3v) is 4.33. The number of hydrogen-bond acceptors (Lipinski definition) is 2. The van der Waals surface area contributed by atoms with Crippen molar-refractivity contribution in [2.45, 2.75) is 13.5 Å². The van der Waals surface area contributed by atoms with E-state index in [9.17, 15) is 4.79 Å². The molecule has 0 bridgehead atoms. The molecule has 0 spiro atoms. The Labute approximate surface area is 114 Å². The van der Waals surface area contributed by atoms with E-state index < -0.39 is 5.97 Å². The highest BCUT2D eigenvalue weighted by Crippen LogP contribution is 2.24. The normalized spacial score (nSPS) is 11.0. The van der Waals surface area contributed by atoms with Crippen molar-refractivity contribution in [3.8, 4) is 0 Å². The van der Waals surface area contributed by atoms with Crippen LogP contribution in [-0.2, 0) is 6.54 Å². The van der Waals surface area contributed by atoms with Crippen molar-refractivity contribution in [2.75, 3.05) is 0 Å². The first-order valence-corrected chi connectivity index (χ1v) is 6.83. The summed E-state index contributed by atoms with van der Waals surface area (Å²) in [6.07, 6.45) is 2.04. The van der Waals surface area contributed by atoms with Crippen molar-refractivity contribution in [1.82, 2.24) is 4.57 Å². The van der Waals surface area contributed by atoms with Crippen molar-refractivity contribution < 1.29 is 9.90 Å². The van der Waals surface area contributed by atoms with Crippen LogP contribution in [0.1, 0.15) is 20.1 Å². The maximum atomic E-state index is 11.0. The van der Waals surface area contributed by atoms with Crippen LogP contribution >= 0.6 is 11.3 Å². The standard InChI is InChI=1S/C15H13NO2S/c1-10-12(8-14(19-10)15(17)18)9-16-7-6-11-4-2-3-5-13(11)16/h2-8H,9H2,1H3,(H,17,18). The van der Waals surface area contributed by atoms with Crippen molar-refractivity contribution in [2.24, 2.45) is 0 Å². The van der Waals surface area contributed by atoms with Crippen molar-refractivity contribution >= 4 is 28.2 Å². The average molecular weight is 271 g/mol. The smallest absolute Gasteiger partial charge is 0.345 e. The van der Waals surface area contributed by atoms with Crippen LogP contribution in [0.5, 0.6) is 0 Å². The van der Waals surface area contributed by atoms with Gasteiger partial charge in [0.15, 0.2) is 0 Å². The van der Waals surface area contributed by atoms with E-state index in [1.807, 2.05) is 25.3 Å². The van der Waals surface area contributed by atoms with E-state index in [0.717, 1.165) is 10.4 Å². The summed E-state index contributed by atoms with van der Waals surface area (Å²) < 4.78 is 2.15. The molecule has 4 heteroatoms. The first kappa shape index (κ1) is 12.0. The number of rotatable bonds is 3. The number of hydrogen-bond donors (Lipinski definition) is 1. The monoisotopic (exact) mass is 271 g/mol. The molecule has 0 radical (unpaired) electrons. The average Bonchev–Trinajstić information content (AvgIpc) is 2.96. The second kappa shape index (κ2) is 4.55. The summed E-state index contributed by atoms with van der Waals surface area (Å²) in [6, 6.07) is 12.0. The zero-order valence-corrected chi connectivity index (χ0v) is 11.3. The van der Waals surface area contributed by atoms with E-state index >= 15 is 0 Å². The largest absolute Gasteiger partial charge is 0.477 e. The number of nitrogens with zero attached hydrogens (tertiary/aromatic N) is 1. The quantitative estimate of drug-likeness (QED) is 0.788. The highest BCUT2D eigenvalue weighted by Gasteiger charge is 2.11. The van der Waals surface area contributed by atoms with Gasteiger partial charge >= 0.3 is 5.97 Å². The van der Waals surface area contributed by atoms with Crippen LogP contribution in [0.15, 0.2) is 42.6 Å². The van der Waals surface area contributed by atoms with Gasteiger partial charge in [0.1, 0.15) is 4.88 Å². The van der Waals surface area contributed by atoms with E-state index in [1.54, 1.807) is 6.07 Å². The van der Waals surface area contributed by atoms with Crippen LogP contribution in [-0.4, -0.2) is 15.6 Å². The van der Waals surface area contributed by atoms with Gasteiger partial charge in [-0.15, -0.1) is 11.3 Å². The molecule has 1 aromatic carbocycles. The third kappa shape index (κ3) is 2.15. The molecule has 1 N–H and O–H groups in total. The van der Waals surface area contributed by atoms with Crippen molar-refractivity contribution in [3.05, 3.63) is 57.9 Å².